The Balaban J connectivity index is 2.07. The molecule has 0 nitrogen and oxygen atoms in total. The third-order valence-electron chi connectivity index (χ3n) is 3.47. The normalized spacial score (nSPS) is 23.0. The lowest BCUT2D eigenvalue weighted by Crippen LogP contribution is -1.84. The fourth-order valence-corrected chi connectivity index (χ4v) is 2.37. The molecule has 0 atom stereocenters. The van der Waals surface area contributed by atoms with Gasteiger partial charge in [0.05, 0.1) is 0 Å². The smallest absolute Gasteiger partial charge is 0.0351 e. The zero-order valence-corrected chi connectivity index (χ0v) is 10.9. The van der Waals surface area contributed by atoms with E-state index in [0.717, 1.165) is 0 Å². The van der Waals surface area contributed by atoms with Crippen LogP contribution in [0.15, 0.2) is 12.2 Å². The summed E-state index contributed by atoms with van der Waals surface area (Å²) in [6, 6.07) is 0. The molecule has 0 aromatic rings. The first kappa shape index (κ1) is 13.8. The number of hydrogen-bond acceptors (Lipinski definition) is 0. The number of rotatable bonds is 0. The molecule has 0 amide bonds. The summed E-state index contributed by atoms with van der Waals surface area (Å²) in [5, 5.41) is 0. The van der Waals surface area contributed by atoms with Crippen LogP contribution in [0.25, 0.3) is 0 Å². The molecule has 93 valence electrons. The summed E-state index contributed by atoms with van der Waals surface area (Å²) in [7, 11) is 0. The molecule has 1 radical (unpaired) electrons. The van der Waals surface area contributed by atoms with Gasteiger partial charge in [0, 0.05) is 0 Å². The molecule has 0 heteroatoms. The van der Waals surface area contributed by atoms with E-state index in [-0.39, 0.29) is 0 Å². The first-order chi connectivity index (χ1) is 8.00. The van der Waals surface area contributed by atoms with Crippen LogP contribution < -0.4 is 0 Å². The molecule has 0 aromatic carbocycles. The van der Waals surface area contributed by atoms with Crippen molar-refractivity contribution in [2.45, 2.75) is 83.5 Å². The van der Waals surface area contributed by atoms with Crippen LogP contribution in [0.3, 0.4) is 0 Å². The molecule has 0 unspecified atom stereocenters. The van der Waals surface area contributed by atoms with E-state index in [9.17, 15) is 0 Å². The Labute approximate surface area is 103 Å². The molecule has 0 fully saturated rings. The van der Waals surface area contributed by atoms with Crippen molar-refractivity contribution in [1.29, 1.82) is 0 Å². The largest absolute Gasteiger partial charge is 0.0885 e. The lowest BCUT2D eigenvalue weighted by atomic mass is 10.0. The SMILES string of the molecule is [CH]1CCCC=CCCCCCCCCCC1. The molecule has 0 heterocycles. The molecule has 0 spiro atoms. The molecule has 1 rings (SSSR count). The predicted molar refractivity (Wildman–Crippen MR) is 73.5 cm³/mol. The Kier molecular flexibility index (Phi) is 9.69. The zero-order chi connectivity index (χ0) is 11.3. The quantitative estimate of drug-likeness (QED) is 0.451. The second-order valence-electron chi connectivity index (χ2n) is 5.10. The van der Waals surface area contributed by atoms with Gasteiger partial charge in [-0.3, -0.25) is 0 Å². The second-order valence-corrected chi connectivity index (χ2v) is 5.10. The van der Waals surface area contributed by atoms with Crippen molar-refractivity contribution in [3.63, 3.8) is 0 Å². The van der Waals surface area contributed by atoms with E-state index in [1.54, 1.807) is 0 Å². The van der Waals surface area contributed by atoms with Crippen LogP contribution in [-0.4, -0.2) is 0 Å². The third kappa shape index (κ3) is 9.00. The Morgan fingerprint density at radius 3 is 1.50 bits per heavy atom. The highest BCUT2D eigenvalue weighted by atomic mass is 14.0. The number of hydrogen-bond donors (Lipinski definition) is 0. The first-order valence-corrected chi connectivity index (χ1v) is 7.47. The lowest BCUT2D eigenvalue weighted by molar-refractivity contribution is 0.564. The molecule has 0 saturated carbocycles. The highest BCUT2D eigenvalue weighted by Crippen LogP contribution is 2.13. The van der Waals surface area contributed by atoms with E-state index in [1.165, 1.54) is 83.5 Å². The summed E-state index contributed by atoms with van der Waals surface area (Å²) < 4.78 is 0. The van der Waals surface area contributed by atoms with Crippen LogP contribution in [0.2, 0.25) is 0 Å². The van der Waals surface area contributed by atoms with Gasteiger partial charge in [0.2, 0.25) is 0 Å². The van der Waals surface area contributed by atoms with Crippen molar-refractivity contribution in [3.05, 3.63) is 18.6 Å². The highest BCUT2D eigenvalue weighted by Gasteiger charge is 1.94. The standard InChI is InChI=1S/C16H29/c1-2-4-6-8-10-12-14-16-15-13-11-9-7-5-3-1/h1-2,9H,3-8,10-16H2. The minimum Gasteiger partial charge on any atom is -0.0885 e. The topological polar surface area (TPSA) is 0 Å². The van der Waals surface area contributed by atoms with E-state index in [2.05, 4.69) is 18.6 Å². The average molecular weight is 221 g/mol. The minimum absolute atomic E-state index is 1.29. The van der Waals surface area contributed by atoms with Crippen LogP contribution in [-0.2, 0) is 0 Å². The van der Waals surface area contributed by atoms with E-state index >= 15 is 0 Å². The van der Waals surface area contributed by atoms with Gasteiger partial charge in [-0.1, -0.05) is 63.5 Å². The summed E-state index contributed by atoms with van der Waals surface area (Å²) in [6.45, 7) is 0. The molecule has 0 aliphatic heterocycles. The fourth-order valence-electron chi connectivity index (χ4n) is 2.37. The predicted octanol–water partition coefficient (Wildman–Crippen LogP) is 5.83. The molecular formula is C16H29. The zero-order valence-electron chi connectivity index (χ0n) is 10.9. The molecule has 0 saturated heterocycles. The van der Waals surface area contributed by atoms with Crippen molar-refractivity contribution in [1.82, 2.24) is 0 Å². The molecule has 16 heavy (non-hydrogen) atoms. The van der Waals surface area contributed by atoms with Crippen LogP contribution in [0.4, 0.5) is 0 Å². The second kappa shape index (κ2) is 11.2. The molecule has 0 aromatic heterocycles. The van der Waals surface area contributed by atoms with Gasteiger partial charge in [0.25, 0.3) is 0 Å². The van der Waals surface area contributed by atoms with Gasteiger partial charge in [0.1, 0.15) is 0 Å². The van der Waals surface area contributed by atoms with Crippen LogP contribution in [0.1, 0.15) is 83.5 Å². The minimum atomic E-state index is 1.29. The van der Waals surface area contributed by atoms with Crippen molar-refractivity contribution in [2.24, 2.45) is 0 Å². The summed E-state index contributed by atoms with van der Waals surface area (Å²) in [4.78, 5) is 0. The highest BCUT2D eigenvalue weighted by molar-refractivity contribution is 4.82. The maximum atomic E-state index is 2.50. The molecule has 1 aliphatic rings. The number of allylic oxidation sites excluding steroid dienone is 2. The maximum Gasteiger partial charge on any atom is -0.0351 e. The Hall–Kier alpha value is -0.260. The molecular weight excluding hydrogens is 192 g/mol. The Morgan fingerprint density at radius 1 is 0.375 bits per heavy atom. The van der Waals surface area contributed by atoms with E-state index < -0.39 is 0 Å². The summed E-state index contributed by atoms with van der Waals surface area (Å²) >= 11 is 0. The van der Waals surface area contributed by atoms with Crippen LogP contribution >= 0.6 is 0 Å². The fraction of sp³-hybridized carbons (Fsp3) is 0.812. The summed E-state index contributed by atoms with van der Waals surface area (Å²) in [5.41, 5.74) is 0. The van der Waals surface area contributed by atoms with Crippen molar-refractivity contribution < 1.29 is 0 Å². The van der Waals surface area contributed by atoms with Gasteiger partial charge >= 0.3 is 0 Å². The Morgan fingerprint density at radius 2 is 0.812 bits per heavy atom. The first-order valence-electron chi connectivity index (χ1n) is 7.47. The lowest BCUT2D eigenvalue weighted by Gasteiger charge is -2.03. The van der Waals surface area contributed by atoms with E-state index in [4.69, 9.17) is 0 Å². The van der Waals surface area contributed by atoms with Crippen molar-refractivity contribution in [2.75, 3.05) is 0 Å². The van der Waals surface area contributed by atoms with Gasteiger partial charge < -0.3 is 0 Å². The summed E-state index contributed by atoms with van der Waals surface area (Å²) in [5.74, 6) is 0. The van der Waals surface area contributed by atoms with Gasteiger partial charge in [-0.05, 0) is 38.5 Å². The van der Waals surface area contributed by atoms with Gasteiger partial charge in [-0.25, -0.2) is 0 Å². The summed E-state index contributed by atoms with van der Waals surface area (Å²) in [6.07, 6.45) is 25.5. The van der Waals surface area contributed by atoms with Crippen LogP contribution in [0.5, 0.6) is 0 Å². The molecule has 1 aliphatic carbocycles. The third-order valence-corrected chi connectivity index (χ3v) is 3.47. The van der Waals surface area contributed by atoms with E-state index in [1.807, 2.05) is 0 Å². The van der Waals surface area contributed by atoms with Gasteiger partial charge in [0.15, 0.2) is 0 Å². The maximum absolute atomic E-state index is 2.50. The van der Waals surface area contributed by atoms with E-state index in [0.29, 0.717) is 0 Å². The van der Waals surface area contributed by atoms with Crippen molar-refractivity contribution in [3.8, 4) is 0 Å². The van der Waals surface area contributed by atoms with Crippen molar-refractivity contribution >= 4 is 0 Å². The monoisotopic (exact) mass is 221 g/mol. The van der Waals surface area contributed by atoms with Gasteiger partial charge in [-0.15, -0.1) is 0 Å². The Bertz CT molecular complexity index is 139. The van der Waals surface area contributed by atoms with Crippen LogP contribution in [0, 0.1) is 6.42 Å². The molecule has 0 N–H and O–H groups in total. The molecule has 0 bridgehead atoms. The average Bonchev–Trinajstić information content (AvgIpc) is 2.29. The van der Waals surface area contributed by atoms with Gasteiger partial charge in [-0.2, -0.15) is 0 Å².